The topological polar surface area (TPSA) is 152 Å². The zero-order valence-electron chi connectivity index (χ0n) is 14.3. The number of carboxylic acids is 1. The summed E-state index contributed by atoms with van der Waals surface area (Å²) in [6, 6.07) is 0. The number of nitrogens with one attached hydrogen (secondary N) is 1. The van der Waals surface area contributed by atoms with Crippen LogP contribution < -0.4 is 10.5 Å². The highest BCUT2D eigenvalue weighted by atomic mass is 32.2. The average molecular weight is 413 g/mol. The molecule has 3 rings (SSSR count). The SMILES string of the molecule is CC(=O)OCC1=C(C(=O)O)N2C(=O)C[C@H]2[S+](NC(=O)Cc2csc(N)n2)C1. The van der Waals surface area contributed by atoms with Crippen molar-refractivity contribution in [2.24, 2.45) is 0 Å². The van der Waals surface area contributed by atoms with Crippen LogP contribution in [0.2, 0.25) is 0 Å². The zero-order valence-corrected chi connectivity index (χ0v) is 15.9. The van der Waals surface area contributed by atoms with Gasteiger partial charge < -0.3 is 15.6 Å². The first-order valence-electron chi connectivity index (χ1n) is 7.86. The molecular weight excluding hydrogens is 396 g/mol. The lowest BCUT2D eigenvalue weighted by molar-refractivity contribution is -0.146. The van der Waals surface area contributed by atoms with E-state index in [-0.39, 0.29) is 42.7 Å². The van der Waals surface area contributed by atoms with Crippen LogP contribution >= 0.6 is 11.3 Å². The molecule has 2 aliphatic rings. The van der Waals surface area contributed by atoms with Crippen LogP contribution in [0.1, 0.15) is 19.0 Å². The Labute approximate surface area is 160 Å². The molecule has 0 bridgehead atoms. The summed E-state index contributed by atoms with van der Waals surface area (Å²) in [5, 5.41) is 11.1. The molecule has 3 heterocycles. The molecule has 27 heavy (non-hydrogen) atoms. The molecule has 1 fully saturated rings. The molecule has 12 heteroatoms. The van der Waals surface area contributed by atoms with Crippen molar-refractivity contribution in [1.82, 2.24) is 14.6 Å². The maximum Gasteiger partial charge on any atom is 0.353 e. The Bertz CT molecular complexity index is 851. The molecule has 1 aromatic rings. The summed E-state index contributed by atoms with van der Waals surface area (Å²) < 4.78 is 7.78. The van der Waals surface area contributed by atoms with Crippen molar-refractivity contribution < 1.29 is 29.0 Å². The second-order valence-electron chi connectivity index (χ2n) is 5.91. The number of rotatable bonds is 6. The number of nitrogens with zero attached hydrogens (tertiary/aromatic N) is 2. The zero-order chi connectivity index (χ0) is 19.7. The predicted octanol–water partition coefficient (Wildman–Crippen LogP) is -0.609. The van der Waals surface area contributed by atoms with Gasteiger partial charge in [-0.05, 0) is 0 Å². The second-order valence-corrected chi connectivity index (χ2v) is 8.70. The molecule has 2 amide bonds. The number of anilines is 1. The summed E-state index contributed by atoms with van der Waals surface area (Å²) in [5.74, 6) is -2.25. The van der Waals surface area contributed by atoms with Gasteiger partial charge in [0.1, 0.15) is 23.4 Å². The fraction of sp³-hybridized carbons (Fsp3) is 0.400. The number of carbonyl (C=O) groups is 4. The third-order valence-corrected chi connectivity index (χ3v) is 6.85. The van der Waals surface area contributed by atoms with Crippen molar-refractivity contribution in [1.29, 1.82) is 0 Å². The lowest BCUT2D eigenvalue weighted by Crippen LogP contribution is -2.64. The quantitative estimate of drug-likeness (QED) is 0.317. The molecule has 2 atom stereocenters. The van der Waals surface area contributed by atoms with Gasteiger partial charge in [-0.2, -0.15) is 4.72 Å². The van der Waals surface area contributed by atoms with E-state index in [4.69, 9.17) is 10.5 Å². The lowest BCUT2D eigenvalue weighted by atomic mass is 10.1. The van der Waals surface area contributed by atoms with E-state index in [9.17, 15) is 24.3 Å². The van der Waals surface area contributed by atoms with Crippen molar-refractivity contribution >= 4 is 51.3 Å². The van der Waals surface area contributed by atoms with Gasteiger partial charge >= 0.3 is 11.9 Å². The first kappa shape index (κ1) is 19.2. The lowest BCUT2D eigenvalue weighted by Gasteiger charge is -2.41. The van der Waals surface area contributed by atoms with Crippen molar-refractivity contribution in [2.45, 2.75) is 25.1 Å². The van der Waals surface area contributed by atoms with Crippen LogP contribution in [0, 0.1) is 0 Å². The number of fused-ring (bicyclic) bond motifs is 1. The van der Waals surface area contributed by atoms with Crippen molar-refractivity contribution in [2.75, 3.05) is 18.1 Å². The van der Waals surface area contributed by atoms with Crippen molar-refractivity contribution in [3.8, 4) is 0 Å². The van der Waals surface area contributed by atoms with Gasteiger partial charge in [-0.15, -0.1) is 11.3 Å². The highest BCUT2D eigenvalue weighted by Crippen LogP contribution is 2.36. The van der Waals surface area contributed by atoms with E-state index in [0.29, 0.717) is 16.4 Å². The number of thiazole rings is 1. The largest absolute Gasteiger partial charge is 0.477 e. The second kappa shape index (κ2) is 7.56. The Balaban J connectivity index is 1.76. The number of hydrogen-bond donors (Lipinski definition) is 3. The Morgan fingerprint density at radius 3 is 2.81 bits per heavy atom. The van der Waals surface area contributed by atoms with Crippen molar-refractivity contribution in [3.05, 3.63) is 22.3 Å². The Kier molecular flexibility index (Phi) is 5.37. The van der Waals surface area contributed by atoms with Crippen molar-refractivity contribution in [3.63, 3.8) is 0 Å². The van der Waals surface area contributed by atoms with Crippen LogP contribution in [0.3, 0.4) is 0 Å². The summed E-state index contributed by atoms with van der Waals surface area (Å²) in [6.45, 7) is 0.970. The summed E-state index contributed by atoms with van der Waals surface area (Å²) >= 11 is 0.438. The van der Waals surface area contributed by atoms with Crippen LogP contribution in [-0.2, 0) is 41.4 Å². The maximum absolute atomic E-state index is 12.3. The molecule has 1 unspecified atom stereocenters. The van der Waals surface area contributed by atoms with E-state index >= 15 is 0 Å². The number of esters is 1. The number of carboxylic acid groups (broad SMARTS) is 1. The molecule has 4 N–H and O–H groups in total. The minimum absolute atomic E-state index is 0.0344. The van der Waals surface area contributed by atoms with Gasteiger partial charge in [0.15, 0.2) is 10.9 Å². The normalized spacial score (nSPS) is 21.4. The number of hydrogen-bond acceptors (Lipinski definition) is 8. The number of amides is 2. The van der Waals surface area contributed by atoms with Gasteiger partial charge in [0, 0.05) is 17.9 Å². The number of nitrogens with two attached hydrogens (primary N) is 1. The van der Waals surface area contributed by atoms with E-state index < -0.39 is 28.4 Å². The van der Waals surface area contributed by atoms with Gasteiger partial charge in [0.05, 0.1) is 18.5 Å². The molecule has 0 spiro atoms. The number of aliphatic carboxylic acids is 1. The smallest absolute Gasteiger partial charge is 0.353 e. The highest BCUT2D eigenvalue weighted by Gasteiger charge is 2.57. The summed E-state index contributed by atoms with van der Waals surface area (Å²) in [4.78, 5) is 52.2. The van der Waals surface area contributed by atoms with E-state index in [2.05, 4.69) is 9.71 Å². The number of aromatic nitrogens is 1. The number of β-lactam (4-membered cyclic amide) rings is 1. The van der Waals surface area contributed by atoms with Gasteiger partial charge in [0.25, 0.3) is 5.91 Å². The van der Waals surface area contributed by atoms with Crippen LogP contribution in [-0.4, -0.2) is 56.5 Å². The predicted molar refractivity (Wildman–Crippen MR) is 97.2 cm³/mol. The molecule has 0 aromatic carbocycles. The molecule has 10 nitrogen and oxygen atoms in total. The fourth-order valence-corrected chi connectivity index (χ4v) is 5.56. The highest BCUT2D eigenvalue weighted by molar-refractivity contribution is 7.96. The summed E-state index contributed by atoms with van der Waals surface area (Å²) in [5.41, 5.74) is 6.22. The van der Waals surface area contributed by atoms with Crippen LogP contribution in [0.5, 0.6) is 0 Å². The monoisotopic (exact) mass is 413 g/mol. The van der Waals surface area contributed by atoms with E-state index in [1.54, 1.807) is 5.38 Å². The Hall–Kier alpha value is -2.60. The molecule has 0 saturated carbocycles. The van der Waals surface area contributed by atoms with E-state index in [0.717, 1.165) is 0 Å². The molecule has 0 radical (unpaired) electrons. The van der Waals surface area contributed by atoms with Gasteiger partial charge in [-0.3, -0.25) is 19.3 Å². The standard InChI is InChI=1S/C15H16N4O6S2/c1-7(20)25-4-8-6-27(12-3-11(22)19(12)13(8)14(23)24)18-10(21)2-9-5-26-15(16)17-9/h5,12H,2-4,6H2,1H3,(H3-,16,17,18,21,23,24)/p+1/t12-,27?/m1/s1. The summed E-state index contributed by atoms with van der Waals surface area (Å²) in [7, 11) is 0. The van der Waals surface area contributed by atoms with Gasteiger partial charge in [-0.25, -0.2) is 9.78 Å². The van der Waals surface area contributed by atoms with Gasteiger partial charge in [-0.1, -0.05) is 0 Å². The fourth-order valence-electron chi connectivity index (χ4n) is 2.81. The molecule has 1 saturated heterocycles. The first-order valence-corrected chi connectivity index (χ1v) is 10.2. The number of nitrogen functional groups attached to an aromatic ring is 1. The van der Waals surface area contributed by atoms with Crippen LogP contribution in [0.15, 0.2) is 16.7 Å². The first-order chi connectivity index (χ1) is 12.8. The van der Waals surface area contributed by atoms with Gasteiger partial charge in [0.2, 0.25) is 11.3 Å². The van der Waals surface area contributed by atoms with Crippen LogP contribution in [0.25, 0.3) is 0 Å². The third kappa shape index (κ3) is 4.06. The minimum atomic E-state index is -1.26. The summed E-state index contributed by atoms with van der Waals surface area (Å²) in [6.07, 6.45) is 0.192. The minimum Gasteiger partial charge on any atom is -0.477 e. The van der Waals surface area contributed by atoms with Crippen LogP contribution in [0.4, 0.5) is 5.13 Å². The van der Waals surface area contributed by atoms with E-state index in [1.165, 1.54) is 23.2 Å². The Morgan fingerprint density at radius 1 is 1.52 bits per heavy atom. The number of carbonyl (C=O) groups excluding carboxylic acids is 3. The molecule has 144 valence electrons. The Morgan fingerprint density at radius 2 is 2.26 bits per heavy atom. The molecular formula is C15H17N4O6S2+. The average Bonchev–Trinajstić information content (AvgIpc) is 2.97. The van der Waals surface area contributed by atoms with E-state index in [1.807, 2.05) is 0 Å². The maximum atomic E-state index is 12.3. The molecule has 1 aromatic heterocycles. The third-order valence-electron chi connectivity index (χ3n) is 3.95. The molecule has 0 aliphatic carbocycles. The molecule has 2 aliphatic heterocycles. The number of ether oxygens (including phenoxy) is 1.